The Balaban J connectivity index is 2.15. The van der Waals surface area contributed by atoms with Crippen molar-refractivity contribution in [1.82, 2.24) is 9.97 Å². The number of rotatable bonds is 4. The van der Waals surface area contributed by atoms with Crippen LogP contribution in [0, 0.1) is 6.92 Å². The molecule has 1 aromatic rings. The van der Waals surface area contributed by atoms with Gasteiger partial charge in [-0.3, -0.25) is 0 Å². The summed E-state index contributed by atoms with van der Waals surface area (Å²) in [4.78, 5) is 8.80. The molecule has 0 aliphatic heterocycles. The minimum Gasteiger partial charge on any atom is -0.366 e. The van der Waals surface area contributed by atoms with Crippen molar-refractivity contribution >= 4 is 5.82 Å². The van der Waals surface area contributed by atoms with E-state index in [0.717, 1.165) is 11.6 Å². The van der Waals surface area contributed by atoms with Crippen LogP contribution in [-0.4, -0.2) is 22.6 Å². The number of aryl methyl sites for hydroxylation is 1. The van der Waals surface area contributed by atoms with Crippen molar-refractivity contribution in [3.8, 4) is 0 Å². The Kier molecular flexibility index (Phi) is 2.86. The number of nitrogens with zero attached hydrogens (tertiary/aromatic N) is 2. The summed E-state index contributed by atoms with van der Waals surface area (Å²) in [6, 6.07) is 2.31. The van der Waals surface area contributed by atoms with E-state index in [9.17, 15) is 0 Å². The van der Waals surface area contributed by atoms with Gasteiger partial charge in [-0.25, -0.2) is 9.97 Å². The fourth-order valence-electron chi connectivity index (χ4n) is 1.56. The highest BCUT2D eigenvalue weighted by Crippen LogP contribution is 2.39. The van der Waals surface area contributed by atoms with Crippen LogP contribution in [0.25, 0.3) is 0 Å². The van der Waals surface area contributed by atoms with Gasteiger partial charge in [0.15, 0.2) is 0 Å². The van der Waals surface area contributed by atoms with Crippen molar-refractivity contribution < 1.29 is 0 Å². The molecule has 3 N–H and O–H groups in total. The van der Waals surface area contributed by atoms with Crippen LogP contribution in [-0.2, 0) is 0 Å². The fourth-order valence-corrected chi connectivity index (χ4v) is 1.56. The van der Waals surface area contributed by atoms with E-state index < -0.39 is 0 Å². The van der Waals surface area contributed by atoms with E-state index in [1.165, 1.54) is 18.5 Å². The summed E-state index contributed by atoms with van der Waals surface area (Å²) in [6.45, 7) is 4.60. The highest BCUT2D eigenvalue weighted by atomic mass is 15.1. The van der Waals surface area contributed by atoms with Gasteiger partial charge in [-0.2, -0.15) is 0 Å². The van der Waals surface area contributed by atoms with Crippen molar-refractivity contribution in [2.75, 3.05) is 11.9 Å². The van der Waals surface area contributed by atoms with Crippen molar-refractivity contribution in [2.24, 2.45) is 5.73 Å². The molecule has 1 atom stereocenters. The van der Waals surface area contributed by atoms with Crippen molar-refractivity contribution in [3.63, 3.8) is 0 Å². The molecule has 0 spiro atoms. The third kappa shape index (κ3) is 2.65. The zero-order chi connectivity index (χ0) is 10.8. The summed E-state index contributed by atoms with van der Waals surface area (Å²) in [5.41, 5.74) is 6.74. The number of anilines is 1. The monoisotopic (exact) mass is 206 g/mol. The Bertz CT molecular complexity index is 346. The molecule has 15 heavy (non-hydrogen) atoms. The maximum atomic E-state index is 5.56. The molecule has 4 nitrogen and oxygen atoms in total. The first-order chi connectivity index (χ1) is 7.19. The van der Waals surface area contributed by atoms with E-state index in [1.807, 2.05) is 13.8 Å². The molecule has 0 aromatic carbocycles. The van der Waals surface area contributed by atoms with Gasteiger partial charge in [-0.1, -0.05) is 0 Å². The second kappa shape index (κ2) is 4.14. The highest BCUT2D eigenvalue weighted by Gasteiger charge is 2.25. The molecular weight excluding hydrogens is 188 g/mol. The number of aromatic nitrogens is 2. The topological polar surface area (TPSA) is 63.8 Å². The van der Waals surface area contributed by atoms with Gasteiger partial charge < -0.3 is 11.1 Å². The first kappa shape index (κ1) is 10.4. The molecule has 2 rings (SSSR count). The van der Waals surface area contributed by atoms with Crippen LogP contribution in [0.3, 0.4) is 0 Å². The second-order valence-corrected chi connectivity index (χ2v) is 4.28. The van der Waals surface area contributed by atoms with E-state index in [4.69, 9.17) is 5.73 Å². The van der Waals surface area contributed by atoms with Crippen LogP contribution in [0.1, 0.15) is 37.2 Å². The molecule has 0 bridgehead atoms. The quantitative estimate of drug-likeness (QED) is 0.782. The van der Waals surface area contributed by atoms with Gasteiger partial charge in [-0.15, -0.1) is 0 Å². The smallest absolute Gasteiger partial charge is 0.130 e. The Morgan fingerprint density at radius 3 is 2.87 bits per heavy atom. The average Bonchev–Trinajstić information content (AvgIpc) is 2.99. The maximum absolute atomic E-state index is 5.56. The van der Waals surface area contributed by atoms with Crippen molar-refractivity contribution in [1.29, 1.82) is 0 Å². The second-order valence-electron chi connectivity index (χ2n) is 4.28. The van der Waals surface area contributed by atoms with Gasteiger partial charge in [0.05, 0.1) is 0 Å². The molecule has 1 aliphatic carbocycles. The number of nitrogens with two attached hydrogens (primary N) is 1. The summed E-state index contributed by atoms with van der Waals surface area (Å²) in [7, 11) is 0. The predicted octanol–water partition coefficient (Wildman–Crippen LogP) is 1.42. The van der Waals surface area contributed by atoms with Crippen LogP contribution >= 0.6 is 0 Å². The van der Waals surface area contributed by atoms with Gasteiger partial charge in [0.1, 0.15) is 11.6 Å². The molecule has 0 saturated heterocycles. The molecule has 0 amide bonds. The molecule has 4 heteroatoms. The molecule has 1 fully saturated rings. The molecule has 1 aliphatic rings. The predicted molar refractivity (Wildman–Crippen MR) is 60.9 cm³/mol. The standard InChI is InChI=1S/C11H18N4/c1-7(6-12)13-11-5-10(9-3-4-9)14-8(2)15-11/h5,7,9H,3-4,6,12H2,1-2H3,(H,13,14,15). The zero-order valence-corrected chi connectivity index (χ0v) is 9.33. The van der Waals surface area contributed by atoms with Crippen LogP contribution < -0.4 is 11.1 Å². The van der Waals surface area contributed by atoms with E-state index in [2.05, 4.69) is 21.4 Å². The van der Waals surface area contributed by atoms with Crippen molar-refractivity contribution in [2.45, 2.75) is 38.6 Å². The van der Waals surface area contributed by atoms with Gasteiger partial charge in [0, 0.05) is 30.3 Å². The molecule has 1 unspecified atom stereocenters. The third-order valence-electron chi connectivity index (χ3n) is 2.60. The number of nitrogens with one attached hydrogen (secondary N) is 1. The normalized spacial score (nSPS) is 17.5. The van der Waals surface area contributed by atoms with Crippen LogP contribution in [0.2, 0.25) is 0 Å². The molecule has 1 heterocycles. The lowest BCUT2D eigenvalue weighted by molar-refractivity contribution is 0.792. The highest BCUT2D eigenvalue weighted by molar-refractivity contribution is 5.38. The summed E-state index contributed by atoms with van der Waals surface area (Å²) in [5.74, 6) is 2.41. The molecule has 82 valence electrons. The lowest BCUT2D eigenvalue weighted by Crippen LogP contribution is -2.25. The summed E-state index contributed by atoms with van der Waals surface area (Å²) >= 11 is 0. The summed E-state index contributed by atoms with van der Waals surface area (Å²) < 4.78 is 0. The van der Waals surface area contributed by atoms with Gasteiger partial charge in [0.2, 0.25) is 0 Å². The maximum Gasteiger partial charge on any atom is 0.130 e. The van der Waals surface area contributed by atoms with E-state index >= 15 is 0 Å². The van der Waals surface area contributed by atoms with E-state index in [1.54, 1.807) is 0 Å². The first-order valence-corrected chi connectivity index (χ1v) is 5.51. The Morgan fingerprint density at radius 2 is 2.27 bits per heavy atom. The number of hydrogen-bond acceptors (Lipinski definition) is 4. The minimum absolute atomic E-state index is 0.256. The molecular formula is C11H18N4. The Hall–Kier alpha value is -1.16. The van der Waals surface area contributed by atoms with Crippen molar-refractivity contribution in [3.05, 3.63) is 17.6 Å². The van der Waals surface area contributed by atoms with Gasteiger partial charge >= 0.3 is 0 Å². The summed E-state index contributed by atoms with van der Waals surface area (Å²) in [5, 5.41) is 3.28. The molecule has 0 radical (unpaired) electrons. The van der Waals surface area contributed by atoms with Crippen LogP contribution in [0.5, 0.6) is 0 Å². The molecule has 1 saturated carbocycles. The average molecular weight is 206 g/mol. The first-order valence-electron chi connectivity index (χ1n) is 5.51. The Labute approximate surface area is 90.3 Å². The molecule has 1 aromatic heterocycles. The SMILES string of the molecule is Cc1nc(NC(C)CN)cc(C2CC2)n1. The lowest BCUT2D eigenvalue weighted by Gasteiger charge is -2.13. The van der Waals surface area contributed by atoms with E-state index in [0.29, 0.717) is 12.5 Å². The third-order valence-corrected chi connectivity index (χ3v) is 2.60. The summed E-state index contributed by atoms with van der Waals surface area (Å²) in [6.07, 6.45) is 2.53. The lowest BCUT2D eigenvalue weighted by atomic mass is 10.2. The van der Waals surface area contributed by atoms with Crippen LogP contribution in [0.15, 0.2) is 6.07 Å². The largest absolute Gasteiger partial charge is 0.366 e. The Morgan fingerprint density at radius 1 is 1.53 bits per heavy atom. The number of hydrogen-bond donors (Lipinski definition) is 2. The zero-order valence-electron chi connectivity index (χ0n) is 9.33. The van der Waals surface area contributed by atoms with Gasteiger partial charge in [-0.05, 0) is 26.7 Å². The van der Waals surface area contributed by atoms with E-state index in [-0.39, 0.29) is 6.04 Å². The van der Waals surface area contributed by atoms with Crippen LogP contribution in [0.4, 0.5) is 5.82 Å². The fraction of sp³-hybridized carbons (Fsp3) is 0.636. The van der Waals surface area contributed by atoms with Gasteiger partial charge in [0.25, 0.3) is 0 Å². The minimum atomic E-state index is 0.256.